The van der Waals surface area contributed by atoms with Crippen molar-refractivity contribution >= 4 is 12.4 Å². The molecular weight excluding hydrogens is 128 g/mol. The van der Waals surface area contributed by atoms with Gasteiger partial charge in [0.25, 0.3) is 0 Å². The summed E-state index contributed by atoms with van der Waals surface area (Å²) in [4.78, 5) is 8.17. The third-order valence-corrected chi connectivity index (χ3v) is 1.39. The van der Waals surface area contributed by atoms with E-state index >= 15 is 0 Å². The number of nitrogens with one attached hydrogen (secondary N) is 2. The molecule has 2 aliphatic rings. The van der Waals surface area contributed by atoms with Crippen LogP contribution in [-0.2, 0) is 0 Å². The van der Waals surface area contributed by atoms with Gasteiger partial charge in [-0.1, -0.05) is 0 Å². The highest BCUT2D eigenvalue weighted by Gasteiger charge is 2.08. The fraction of sp³-hybridized carbons (Fsp3) is 0.333. The molecule has 0 aliphatic carbocycles. The number of nitrogens with zero attached hydrogens (tertiary/aromatic N) is 2. The van der Waals surface area contributed by atoms with E-state index in [1.165, 1.54) is 0 Å². The van der Waals surface area contributed by atoms with Gasteiger partial charge in [0.15, 0.2) is 11.6 Å². The molecule has 0 saturated heterocycles. The van der Waals surface area contributed by atoms with Gasteiger partial charge in [-0.05, 0) is 0 Å². The van der Waals surface area contributed by atoms with Crippen molar-refractivity contribution in [2.45, 2.75) is 0 Å². The molecule has 52 valence electrons. The predicted octanol–water partition coefficient (Wildman–Crippen LogP) is -0.539. The smallest absolute Gasteiger partial charge is 0.169 e. The van der Waals surface area contributed by atoms with E-state index < -0.39 is 0 Å². The van der Waals surface area contributed by atoms with Crippen molar-refractivity contribution in [3.05, 3.63) is 11.6 Å². The molecule has 0 amide bonds. The predicted molar refractivity (Wildman–Crippen MR) is 40.0 cm³/mol. The van der Waals surface area contributed by atoms with Gasteiger partial charge in [-0.25, -0.2) is 9.98 Å². The van der Waals surface area contributed by atoms with Gasteiger partial charge in [0, 0.05) is 12.4 Å². The number of rotatable bonds is 0. The van der Waals surface area contributed by atoms with Gasteiger partial charge in [-0.3, -0.25) is 0 Å². The molecule has 4 heteroatoms. The lowest BCUT2D eigenvalue weighted by atomic mass is 10.6. The number of hydrogen-bond acceptors (Lipinski definition) is 4. The summed E-state index contributed by atoms with van der Waals surface area (Å²) >= 11 is 0. The van der Waals surface area contributed by atoms with Crippen molar-refractivity contribution in [3.63, 3.8) is 0 Å². The SMILES string of the molecule is C1=N/C(=C2\N=CCN2)NC1. The van der Waals surface area contributed by atoms with Crippen molar-refractivity contribution in [1.29, 1.82) is 0 Å². The molecule has 0 unspecified atom stereocenters. The second kappa shape index (κ2) is 2.13. The van der Waals surface area contributed by atoms with E-state index in [0.717, 1.165) is 24.7 Å². The summed E-state index contributed by atoms with van der Waals surface area (Å²) in [5, 5.41) is 6.16. The molecule has 4 nitrogen and oxygen atoms in total. The third-order valence-electron chi connectivity index (χ3n) is 1.39. The molecule has 10 heavy (non-hydrogen) atoms. The quantitative estimate of drug-likeness (QED) is 0.470. The molecule has 0 fully saturated rings. The number of hydrogen-bond donors (Lipinski definition) is 2. The lowest BCUT2D eigenvalue weighted by Gasteiger charge is -1.99. The van der Waals surface area contributed by atoms with E-state index in [0.29, 0.717) is 0 Å². The van der Waals surface area contributed by atoms with Crippen LogP contribution in [0.25, 0.3) is 0 Å². The summed E-state index contributed by atoms with van der Waals surface area (Å²) < 4.78 is 0. The zero-order valence-electron chi connectivity index (χ0n) is 5.46. The lowest BCUT2D eigenvalue weighted by molar-refractivity contribution is 0.865. The van der Waals surface area contributed by atoms with Crippen molar-refractivity contribution < 1.29 is 0 Å². The third kappa shape index (κ3) is 0.775. The Balaban J connectivity index is 2.26. The van der Waals surface area contributed by atoms with Crippen LogP contribution in [0.4, 0.5) is 0 Å². The molecule has 0 radical (unpaired) electrons. The van der Waals surface area contributed by atoms with Crippen molar-refractivity contribution in [2.75, 3.05) is 13.1 Å². The van der Waals surface area contributed by atoms with Gasteiger partial charge in [0.05, 0.1) is 13.1 Å². The summed E-state index contributed by atoms with van der Waals surface area (Å²) in [7, 11) is 0. The minimum atomic E-state index is 0.816. The lowest BCUT2D eigenvalue weighted by Crippen LogP contribution is -2.14. The number of aliphatic imine (C=N–C) groups is 2. The fourth-order valence-electron chi connectivity index (χ4n) is 0.940. The Hall–Kier alpha value is -1.32. The minimum absolute atomic E-state index is 0.816. The molecule has 0 aromatic heterocycles. The average Bonchev–Trinajstić information content (AvgIpc) is 2.59. The van der Waals surface area contributed by atoms with Crippen LogP contribution >= 0.6 is 0 Å². The summed E-state index contributed by atoms with van der Waals surface area (Å²) in [6.07, 6.45) is 3.66. The first-order chi connectivity index (χ1) is 4.97. The van der Waals surface area contributed by atoms with Crippen LogP contribution in [0.2, 0.25) is 0 Å². The zero-order chi connectivity index (χ0) is 6.81. The monoisotopic (exact) mass is 136 g/mol. The van der Waals surface area contributed by atoms with Gasteiger partial charge < -0.3 is 10.6 Å². The van der Waals surface area contributed by atoms with Gasteiger partial charge in [-0.2, -0.15) is 0 Å². The molecular formula is C6H8N4. The Bertz CT molecular complexity index is 202. The van der Waals surface area contributed by atoms with Crippen molar-refractivity contribution in [2.24, 2.45) is 9.98 Å². The largest absolute Gasteiger partial charge is 0.362 e. The Morgan fingerprint density at radius 1 is 1.00 bits per heavy atom. The van der Waals surface area contributed by atoms with Crippen molar-refractivity contribution in [1.82, 2.24) is 10.6 Å². The molecule has 0 bridgehead atoms. The van der Waals surface area contributed by atoms with Crippen LogP contribution in [-0.4, -0.2) is 25.5 Å². The van der Waals surface area contributed by atoms with E-state index in [4.69, 9.17) is 0 Å². The summed E-state index contributed by atoms with van der Waals surface area (Å²) in [6.45, 7) is 1.63. The molecule has 2 heterocycles. The second-order valence-corrected chi connectivity index (χ2v) is 2.08. The summed E-state index contributed by atoms with van der Waals surface area (Å²) in [5.41, 5.74) is 0. The van der Waals surface area contributed by atoms with Gasteiger partial charge in [0.2, 0.25) is 0 Å². The van der Waals surface area contributed by atoms with Crippen LogP contribution < -0.4 is 10.6 Å². The van der Waals surface area contributed by atoms with Gasteiger partial charge in [0.1, 0.15) is 0 Å². The maximum atomic E-state index is 4.08. The molecule has 0 spiro atoms. The average molecular weight is 136 g/mol. The van der Waals surface area contributed by atoms with Crippen LogP contribution in [0.3, 0.4) is 0 Å². The van der Waals surface area contributed by atoms with E-state index in [2.05, 4.69) is 20.6 Å². The molecule has 0 aromatic rings. The van der Waals surface area contributed by atoms with Crippen LogP contribution in [0.15, 0.2) is 21.6 Å². The first-order valence-electron chi connectivity index (χ1n) is 3.24. The molecule has 2 N–H and O–H groups in total. The Morgan fingerprint density at radius 3 is 1.80 bits per heavy atom. The van der Waals surface area contributed by atoms with E-state index in [9.17, 15) is 0 Å². The maximum absolute atomic E-state index is 4.08. The zero-order valence-corrected chi connectivity index (χ0v) is 5.46. The van der Waals surface area contributed by atoms with E-state index in [1.54, 1.807) is 0 Å². The second-order valence-electron chi connectivity index (χ2n) is 2.08. The van der Waals surface area contributed by atoms with Crippen LogP contribution in [0.5, 0.6) is 0 Å². The normalized spacial score (nSPS) is 28.8. The molecule has 2 rings (SSSR count). The topological polar surface area (TPSA) is 48.8 Å². The first-order valence-corrected chi connectivity index (χ1v) is 3.24. The minimum Gasteiger partial charge on any atom is -0.362 e. The maximum Gasteiger partial charge on any atom is 0.169 e. The Morgan fingerprint density at radius 2 is 1.50 bits per heavy atom. The fourth-order valence-corrected chi connectivity index (χ4v) is 0.940. The summed E-state index contributed by atoms with van der Waals surface area (Å²) in [6, 6.07) is 0. The van der Waals surface area contributed by atoms with Gasteiger partial charge in [-0.15, -0.1) is 0 Å². The molecule has 0 aromatic carbocycles. The van der Waals surface area contributed by atoms with E-state index in [-0.39, 0.29) is 0 Å². The Kier molecular flexibility index (Phi) is 1.16. The van der Waals surface area contributed by atoms with Crippen LogP contribution in [0.1, 0.15) is 0 Å². The highest BCUT2D eigenvalue weighted by Crippen LogP contribution is 2.05. The van der Waals surface area contributed by atoms with Gasteiger partial charge >= 0.3 is 0 Å². The molecule has 2 aliphatic heterocycles. The van der Waals surface area contributed by atoms with Crippen LogP contribution in [0, 0.1) is 0 Å². The highest BCUT2D eigenvalue weighted by molar-refractivity contribution is 5.68. The molecule has 0 atom stereocenters. The van der Waals surface area contributed by atoms with Crippen molar-refractivity contribution in [3.8, 4) is 0 Å². The molecule has 0 saturated carbocycles. The van der Waals surface area contributed by atoms with E-state index in [1.807, 2.05) is 12.4 Å². The standard InChI is InChI=1S/C6H8N4/c1-2-8-5(7-1)6-9-3-4-10-6/h1,3,8,10H,2,4H2/b6-5-. The summed E-state index contributed by atoms with van der Waals surface area (Å²) in [5.74, 6) is 1.71. The highest BCUT2D eigenvalue weighted by atomic mass is 15.2. The first kappa shape index (κ1) is 5.46. The Labute approximate surface area is 58.8 Å².